The lowest BCUT2D eigenvalue weighted by molar-refractivity contribution is 0.0995. The highest BCUT2D eigenvalue weighted by Crippen LogP contribution is 2.34. The summed E-state index contributed by atoms with van der Waals surface area (Å²) in [7, 11) is 4.45. The molecule has 0 aromatic carbocycles. The number of hydrazine groups is 1. The molecular formula is C12H26N4. The van der Waals surface area contributed by atoms with Gasteiger partial charge in [-0.15, -0.1) is 0 Å². The van der Waals surface area contributed by atoms with E-state index in [4.69, 9.17) is 5.84 Å². The summed E-state index contributed by atoms with van der Waals surface area (Å²) in [6, 6.07) is 1.17. The third kappa shape index (κ3) is 3.42. The predicted molar refractivity (Wildman–Crippen MR) is 67.0 cm³/mol. The first-order valence-corrected chi connectivity index (χ1v) is 6.54. The molecule has 0 bridgehead atoms. The Labute approximate surface area is 99.1 Å². The second kappa shape index (κ2) is 5.45. The van der Waals surface area contributed by atoms with Crippen molar-refractivity contribution in [1.82, 2.24) is 15.2 Å². The van der Waals surface area contributed by atoms with Crippen LogP contribution in [-0.4, -0.2) is 55.6 Å². The molecule has 2 aliphatic rings. The summed E-state index contributed by atoms with van der Waals surface area (Å²) in [5.74, 6) is 6.62. The molecule has 1 aliphatic heterocycles. The number of hydrogen-bond donors (Lipinski definition) is 2. The third-order valence-corrected chi connectivity index (χ3v) is 4.09. The van der Waals surface area contributed by atoms with Gasteiger partial charge in [0.05, 0.1) is 0 Å². The fourth-order valence-corrected chi connectivity index (χ4v) is 2.67. The van der Waals surface area contributed by atoms with Crippen LogP contribution >= 0.6 is 0 Å². The molecular weight excluding hydrogens is 200 g/mol. The molecule has 2 atom stereocenters. The minimum Gasteiger partial charge on any atom is -0.304 e. The van der Waals surface area contributed by atoms with E-state index >= 15 is 0 Å². The Morgan fingerprint density at radius 1 is 1.25 bits per heavy atom. The number of likely N-dealkylation sites (N-methyl/N-ethyl adjacent to an activating group) is 2. The average Bonchev–Trinajstić information content (AvgIpc) is 3.06. The van der Waals surface area contributed by atoms with Crippen molar-refractivity contribution < 1.29 is 0 Å². The van der Waals surface area contributed by atoms with Gasteiger partial charge < -0.3 is 9.80 Å². The van der Waals surface area contributed by atoms with E-state index in [1.165, 1.54) is 45.3 Å². The van der Waals surface area contributed by atoms with Crippen LogP contribution in [0, 0.1) is 5.92 Å². The first-order chi connectivity index (χ1) is 7.69. The van der Waals surface area contributed by atoms with Crippen molar-refractivity contribution in [2.75, 3.05) is 33.7 Å². The van der Waals surface area contributed by atoms with Gasteiger partial charge in [0, 0.05) is 31.7 Å². The van der Waals surface area contributed by atoms with Gasteiger partial charge in [0.2, 0.25) is 0 Å². The highest BCUT2D eigenvalue weighted by Gasteiger charge is 2.29. The molecule has 4 nitrogen and oxygen atoms in total. The molecule has 4 heteroatoms. The quantitative estimate of drug-likeness (QED) is 0.521. The summed E-state index contributed by atoms with van der Waals surface area (Å²) < 4.78 is 0. The molecule has 0 aromatic rings. The van der Waals surface area contributed by atoms with Gasteiger partial charge in [-0.2, -0.15) is 0 Å². The Kier molecular flexibility index (Phi) is 4.19. The summed E-state index contributed by atoms with van der Waals surface area (Å²) in [5, 5.41) is 0. The zero-order chi connectivity index (χ0) is 11.5. The molecule has 2 fully saturated rings. The maximum Gasteiger partial charge on any atom is 0.0235 e. The number of nitrogens with two attached hydrogens (primary N) is 1. The average molecular weight is 226 g/mol. The number of rotatable bonds is 5. The van der Waals surface area contributed by atoms with Crippen LogP contribution in [0.1, 0.15) is 25.7 Å². The molecule has 1 heterocycles. The molecule has 0 amide bonds. The molecule has 0 aromatic heterocycles. The fraction of sp³-hybridized carbons (Fsp3) is 1.00. The summed E-state index contributed by atoms with van der Waals surface area (Å²) in [4.78, 5) is 4.91. The number of hydrogen-bond acceptors (Lipinski definition) is 4. The Balaban J connectivity index is 1.79. The van der Waals surface area contributed by atoms with Crippen molar-refractivity contribution in [3.05, 3.63) is 0 Å². The van der Waals surface area contributed by atoms with Gasteiger partial charge in [0.1, 0.15) is 0 Å². The van der Waals surface area contributed by atoms with Crippen LogP contribution in [0.3, 0.4) is 0 Å². The second-order valence-electron chi connectivity index (χ2n) is 5.68. The molecule has 1 saturated heterocycles. The highest BCUT2D eigenvalue weighted by atomic mass is 15.3. The monoisotopic (exact) mass is 226 g/mol. The molecule has 94 valence electrons. The van der Waals surface area contributed by atoms with E-state index in [2.05, 4.69) is 29.3 Å². The van der Waals surface area contributed by atoms with Crippen LogP contribution in [0.15, 0.2) is 0 Å². The first kappa shape index (κ1) is 12.3. The summed E-state index contributed by atoms with van der Waals surface area (Å²) in [6.45, 7) is 3.55. The van der Waals surface area contributed by atoms with Gasteiger partial charge in [-0.3, -0.25) is 11.3 Å². The minimum atomic E-state index is 0.506. The van der Waals surface area contributed by atoms with Gasteiger partial charge in [0.15, 0.2) is 0 Å². The van der Waals surface area contributed by atoms with Gasteiger partial charge in [-0.25, -0.2) is 0 Å². The molecule has 3 N–H and O–H groups in total. The van der Waals surface area contributed by atoms with Crippen LogP contribution in [-0.2, 0) is 0 Å². The van der Waals surface area contributed by atoms with Gasteiger partial charge in [0.25, 0.3) is 0 Å². The van der Waals surface area contributed by atoms with Gasteiger partial charge in [-0.1, -0.05) is 12.8 Å². The zero-order valence-corrected chi connectivity index (χ0v) is 10.7. The van der Waals surface area contributed by atoms with E-state index in [0.29, 0.717) is 12.1 Å². The van der Waals surface area contributed by atoms with Crippen LogP contribution < -0.4 is 11.3 Å². The Bertz CT molecular complexity index is 217. The largest absolute Gasteiger partial charge is 0.304 e. The van der Waals surface area contributed by atoms with Crippen molar-refractivity contribution in [3.8, 4) is 0 Å². The first-order valence-electron chi connectivity index (χ1n) is 6.54. The van der Waals surface area contributed by atoms with E-state index in [0.717, 1.165) is 5.92 Å². The normalized spacial score (nSPS) is 30.6. The standard InChI is InChI=1S/C12H26N4/c1-15-5-6-16(2)12(9-15)8-11(14-13)7-10-3-4-10/h10-12,14H,3-9,13H2,1-2H3. The number of piperazine rings is 1. The fourth-order valence-electron chi connectivity index (χ4n) is 2.67. The van der Waals surface area contributed by atoms with Crippen molar-refractivity contribution >= 4 is 0 Å². The molecule has 2 rings (SSSR count). The third-order valence-electron chi connectivity index (χ3n) is 4.09. The van der Waals surface area contributed by atoms with Crippen LogP contribution in [0.2, 0.25) is 0 Å². The zero-order valence-electron chi connectivity index (χ0n) is 10.7. The van der Waals surface area contributed by atoms with Crippen LogP contribution in [0.5, 0.6) is 0 Å². The van der Waals surface area contributed by atoms with E-state index in [-0.39, 0.29) is 0 Å². The topological polar surface area (TPSA) is 44.5 Å². The number of nitrogens with one attached hydrogen (secondary N) is 1. The van der Waals surface area contributed by atoms with Crippen molar-refractivity contribution in [2.45, 2.75) is 37.8 Å². The number of nitrogens with zero attached hydrogens (tertiary/aromatic N) is 2. The predicted octanol–water partition coefficient (Wildman–Crippen LogP) is 0.254. The SMILES string of the molecule is CN1CCN(C)C(CC(CC2CC2)NN)C1. The Hall–Kier alpha value is -0.160. The van der Waals surface area contributed by atoms with Crippen molar-refractivity contribution in [3.63, 3.8) is 0 Å². The second-order valence-corrected chi connectivity index (χ2v) is 5.68. The lowest BCUT2D eigenvalue weighted by Gasteiger charge is -2.39. The van der Waals surface area contributed by atoms with E-state index < -0.39 is 0 Å². The highest BCUT2D eigenvalue weighted by molar-refractivity contribution is 4.86. The van der Waals surface area contributed by atoms with E-state index in [1.807, 2.05) is 0 Å². The Morgan fingerprint density at radius 3 is 2.62 bits per heavy atom. The van der Waals surface area contributed by atoms with Gasteiger partial charge in [-0.05, 0) is 32.9 Å². The summed E-state index contributed by atoms with van der Waals surface area (Å²) >= 11 is 0. The van der Waals surface area contributed by atoms with Gasteiger partial charge >= 0.3 is 0 Å². The van der Waals surface area contributed by atoms with Crippen LogP contribution in [0.25, 0.3) is 0 Å². The molecule has 1 aliphatic carbocycles. The van der Waals surface area contributed by atoms with E-state index in [1.54, 1.807) is 0 Å². The molecule has 0 spiro atoms. The maximum atomic E-state index is 5.66. The Morgan fingerprint density at radius 2 is 2.00 bits per heavy atom. The minimum absolute atomic E-state index is 0.506. The summed E-state index contributed by atoms with van der Waals surface area (Å²) in [6.07, 6.45) is 5.29. The molecule has 2 unspecified atom stereocenters. The van der Waals surface area contributed by atoms with Crippen molar-refractivity contribution in [1.29, 1.82) is 0 Å². The maximum absolute atomic E-state index is 5.66. The van der Waals surface area contributed by atoms with E-state index in [9.17, 15) is 0 Å². The van der Waals surface area contributed by atoms with Crippen molar-refractivity contribution in [2.24, 2.45) is 11.8 Å². The smallest absolute Gasteiger partial charge is 0.0235 e. The summed E-state index contributed by atoms with van der Waals surface area (Å²) in [5.41, 5.74) is 3.01. The van der Waals surface area contributed by atoms with Crippen LogP contribution in [0.4, 0.5) is 0 Å². The lowest BCUT2D eigenvalue weighted by atomic mass is 9.99. The molecule has 16 heavy (non-hydrogen) atoms. The molecule has 1 saturated carbocycles. The lowest BCUT2D eigenvalue weighted by Crippen LogP contribution is -2.52. The molecule has 0 radical (unpaired) electrons.